The molecule has 10 heteroatoms. The minimum absolute atomic E-state index is 0.193. The van der Waals surface area contributed by atoms with Crippen LogP contribution in [0.5, 0.6) is 0 Å². The Kier molecular flexibility index (Phi) is 9.19. The lowest BCUT2D eigenvalue weighted by Crippen LogP contribution is -2.54. The monoisotopic (exact) mass is 706 g/mol. The van der Waals surface area contributed by atoms with Crippen LogP contribution in [0.1, 0.15) is 37.5 Å². The number of tetrazole rings is 1. The van der Waals surface area contributed by atoms with Crippen LogP contribution in [0.4, 0.5) is 5.69 Å². The fourth-order valence-electron chi connectivity index (χ4n) is 7.62. The molecule has 1 aliphatic heterocycles. The lowest BCUT2D eigenvalue weighted by Gasteiger charge is -2.42. The van der Waals surface area contributed by atoms with Crippen molar-refractivity contribution in [1.82, 2.24) is 25.1 Å². The molecule has 1 aliphatic rings. The molecule has 0 spiro atoms. The Bertz CT molecular complexity index is 2150. The van der Waals surface area contributed by atoms with Gasteiger partial charge in [-0.15, -0.1) is 5.10 Å². The van der Waals surface area contributed by atoms with E-state index in [4.69, 9.17) is 19.8 Å². The molecule has 1 atom stereocenters. The van der Waals surface area contributed by atoms with Crippen LogP contribution in [0, 0.1) is 0 Å². The molecule has 7 rings (SSSR count). The van der Waals surface area contributed by atoms with E-state index in [9.17, 15) is 9.90 Å². The van der Waals surface area contributed by atoms with Crippen molar-refractivity contribution in [3.05, 3.63) is 168 Å². The maximum Gasteiger partial charge on any atom is 0.356 e. The zero-order valence-corrected chi connectivity index (χ0v) is 30.6. The lowest BCUT2D eigenvalue weighted by molar-refractivity contribution is -0.136. The number of hydrogen-bond donors (Lipinski definition) is 1. The molecule has 5 aromatic carbocycles. The van der Waals surface area contributed by atoms with Crippen molar-refractivity contribution in [3.63, 3.8) is 0 Å². The highest BCUT2D eigenvalue weighted by Crippen LogP contribution is 2.46. The number of aliphatic hydroxyl groups is 1. The first-order valence-electron chi connectivity index (χ1n) is 17.4. The molecule has 0 bridgehead atoms. The normalized spacial score (nSPS) is 16.3. The Morgan fingerprint density at radius 3 is 1.68 bits per heavy atom. The molecule has 2 heterocycles. The van der Waals surface area contributed by atoms with Crippen molar-refractivity contribution in [1.29, 1.82) is 0 Å². The summed E-state index contributed by atoms with van der Waals surface area (Å²) in [7, 11) is 4.68. The van der Waals surface area contributed by atoms with Gasteiger partial charge in [0.2, 0.25) is 5.85 Å². The van der Waals surface area contributed by atoms with E-state index in [1.54, 1.807) is 37.8 Å². The average molecular weight is 707 g/mol. The van der Waals surface area contributed by atoms with Gasteiger partial charge in [-0.05, 0) is 64.2 Å². The largest absolute Gasteiger partial charge is 0.464 e. The number of hydrogen-bond acceptors (Lipinski definition) is 9. The van der Waals surface area contributed by atoms with Crippen molar-refractivity contribution < 1.29 is 19.4 Å². The van der Waals surface area contributed by atoms with Crippen molar-refractivity contribution in [2.75, 3.05) is 26.2 Å². The molecule has 0 amide bonds. The molecule has 1 N–H and O–H groups in total. The first kappa shape index (κ1) is 35.3. The topological polar surface area (TPSA) is 106 Å². The van der Waals surface area contributed by atoms with Crippen LogP contribution in [0.25, 0.3) is 22.5 Å². The van der Waals surface area contributed by atoms with Crippen LogP contribution in [0.15, 0.2) is 151 Å². The zero-order chi connectivity index (χ0) is 37.4. The van der Waals surface area contributed by atoms with Gasteiger partial charge in [0.05, 0.1) is 12.8 Å². The third-order valence-corrected chi connectivity index (χ3v) is 10.1. The van der Waals surface area contributed by atoms with E-state index in [0.717, 1.165) is 33.4 Å². The second-order valence-corrected chi connectivity index (χ2v) is 13.6. The first-order chi connectivity index (χ1) is 25.6. The van der Waals surface area contributed by atoms with E-state index in [1.807, 2.05) is 115 Å². The van der Waals surface area contributed by atoms with Crippen LogP contribution in [0.3, 0.4) is 0 Å². The summed E-state index contributed by atoms with van der Waals surface area (Å²) < 4.78 is 13.2. The molecule has 1 unspecified atom stereocenters. The molecule has 1 aromatic heterocycles. The van der Waals surface area contributed by atoms with E-state index in [2.05, 4.69) is 41.6 Å². The predicted octanol–water partition coefficient (Wildman–Crippen LogP) is 7.07. The third kappa shape index (κ3) is 5.76. The predicted molar refractivity (Wildman–Crippen MR) is 204 cm³/mol. The highest BCUT2D eigenvalue weighted by Gasteiger charge is 2.53. The molecule has 0 saturated heterocycles. The molecular formula is C43H42N6O4. The van der Waals surface area contributed by atoms with Crippen molar-refractivity contribution >= 4 is 11.7 Å². The van der Waals surface area contributed by atoms with Crippen LogP contribution < -0.4 is 4.90 Å². The Morgan fingerprint density at radius 2 is 1.21 bits per heavy atom. The number of likely N-dealkylation sites (N-methyl/N-ethyl adjacent to an activating group) is 1. The van der Waals surface area contributed by atoms with Crippen LogP contribution in [-0.4, -0.2) is 68.9 Å². The highest BCUT2D eigenvalue weighted by molar-refractivity contribution is 5.95. The number of anilines is 1. The van der Waals surface area contributed by atoms with Gasteiger partial charge in [-0.3, -0.25) is 4.90 Å². The van der Waals surface area contributed by atoms with Crippen molar-refractivity contribution in [2.24, 2.45) is 0 Å². The van der Waals surface area contributed by atoms with E-state index >= 15 is 0 Å². The minimum Gasteiger partial charge on any atom is -0.464 e. The van der Waals surface area contributed by atoms with E-state index in [-0.39, 0.29) is 5.70 Å². The third-order valence-electron chi connectivity index (χ3n) is 10.1. The number of ether oxygens (including phenoxy) is 2. The second-order valence-electron chi connectivity index (χ2n) is 13.6. The molecule has 0 fully saturated rings. The Balaban J connectivity index is 1.40. The number of carbonyl (C=O) groups excluding carboxylic acids is 1. The smallest absolute Gasteiger partial charge is 0.356 e. The number of benzene rings is 5. The fourth-order valence-corrected chi connectivity index (χ4v) is 7.62. The molecule has 0 aliphatic carbocycles. The SMILES string of the molecule is COC(=O)C1=C(C(C)(C)O)N(C)C(C)(OC)N1c1ccc(-c2ccccc2-c2nnnn2C(c2ccccc2)(c2ccccc2)c2ccccc2)cc1. The van der Waals surface area contributed by atoms with Crippen LogP contribution >= 0.6 is 0 Å². The zero-order valence-electron chi connectivity index (χ0n) is 30.6. The number of rotatable bonds is 10. The number of aromatic nitrogens is 4. The number of esters is 1. The summed E-state index contributed by atoms with van der Waals surface area (Å²) in [5.41, 5.74) is 4.62. The van der Waals surface area contributed by atoms with Crippen LogP contribution in [-0.2, 0) is 19.8 Å². The number of methoxy groups -OCH3 is 2. The molecule has 53 heavy (non-hydrogen) atoms. The minimum atomic E-state index is -1.37. The summed E-state index contributed by atoms with van der Waals surface area (Å²) in [5.74, 6) is -1.15. The Hall–Kier alpha value is -6.10. The Morgan fingerprint density at radius 1 is 0.717 bits per heavy atom. The highest BCUT2D eigenvalue weighted by atomic mass is 16.5. The maximum atomic E-state index is 13.4. The van der Waals surface area contributed by atoms with Gasteiger partial charge < -0.3 is 19.5 Å². The standard InChI is InChI=1S/C43H42N6O4/c1-41(2,51)38-37(40(50)52-5)48(42(3,53-6)47(38)4)34-28-26-30(27-29-34)35-24-16-17-25-36(35)39-44-45-46-49(39)43(31-18-10-7-11-19-31,32-20-12-8-13-21-32)33-22-14-9-15-23-33/h7-29,51H,1-6H3. The number of nitrogens with zero attached hydrogens (tertiary/aromatic N) is 6. The summed E-state index contributed by atoms with van der Waals surface area (Å²) in [6, 6.07) is 46.8. The molecule has 0 saturated carbocycles. The summed E-state index contributed by atoms with van der Waals surface area (Å²) in [4.78, 5) is 16.9. The summed E-state index contributed by atoms with van der Waals surface area (Å²) in [6.07, 6.45) is 0. The molecule has 268 valence electrons. The van der Waals surface area contributed by atoms with Gasteiger partial charge in [0.1, 0.15) is 11.1 Å². The van der Waals surface area contributed by atoms with Gasteiger partial charge in [-0.1, -0.05) is 127 Å². The van der Waals surface area contributed by atoms with Crippen molar-refractivity contribution in [2.45, 2.75) is 37.8 Å². The number of carbonyl (C=O) groups is 1. The van der Waals surface area contributed by atoms with Gasteiger partial charge in [0.25, 0.3) is 0 Å². The van der Waals surface area contributed by atoms with Gasteiger partial charge in [-0.2, -0.15) is 0 Å². The first-order valence-corrected chi connectivity index (χ1v) is 17.4. The van der Waals surface area contributed by atoms with Gasteiger partial charge >= 0.3 is 5.97 Å². The fraction of sp³-hybridized carbons (Fsp3) is 0.209. The van der Waals surface area contributed by atoms with Gasteiger partial charge in [-0.25, -0.2) is 9.48 Å². The summed E-state index contributed by atoms with van der Waals surface area (Å²) in [5, 5.41) is 24.9. The average Bonchev–Trinajstić information content (AvgIpc) is 3.77. The molecule has 0 radical (unpaired) electrons. The quantitative estimate of drug-likeness (QED) is 0.118. The van der Waals surface area contributed by atoms with Crippen LogP contribution in [0.2, 0.25) is 0 Å². The molecule has 6 aromatic rings. The molecular weight excluding hydrogens is 665 g/mol. The second kappa shape index (κ2) is 13.8. The lowest BCUT2D eigenvalue weighted by atomic mass is 9.77. The van der Waals surface area contributed by atoms with E-state index in [1.165, 1.54) is 7.11 Å². The van der Waals surface area contributed by atoms with E-state index in [0.29, 0.717) is 17.2 Å². The Labute approximate surface area is 309 Å². The summed E-state index contributed by atoms with van der Waals surface area (Å²) >= 11 is 0. The van der Waals surface area contributed by atoms with Gasteiger partial charge in [0, 0.05) is 32.3 Å². The van der Waals surface area contributed by atoms with Crippen molar-refractivity contribution in [3.8, 4) is 22.5 Å². The summed E-state index contributed by atoms with van der Waals surface area (Å²) in [6.45, 7) is 5.12. The van der Waals surface area contributed by atoms with E-state index < -0.39 is 23.0 Å². The molecule has 10 nitrogen and oxygen atoms in total. The van der Waals surface area contributed by atoms with Gasteiger partial charge in [0.15, 0.2) is 11.5 Å². The maximum absolute atomic E-state index is 13.4.